The van der Waals surface area contributed by atoms with Crippen LogP contribution in [0.5, 0.6) is 0 Å². The summed E-state index contributed by atoms with van der Waals surface area (Å²) in [5, 5.41) is 16.5. The van der Waals surface area contributed by atoms with E-state index in [0.717, 1.165) is 67.8 Å². The molecule has 0 spiro atoms. The predicted octanol–water partition coefficient (Wildman–Crippen LogP) is 3.45. The number of aromatic nitrogens is 2. The highest BCUT2D eigenvalue weighted by Gasteiger charge is 2.20. The van der Waals surface area contributed by atoms with Crippen molar-refractivity contribution in [1.82, 2.24) is 14.9 Å². The first kappa shape index (κ1) is 20.4. The summed E-state index contributed by atoms with van der Waals surface area (Å²) in [5.41, 5.74) is 2.22. The molecule has 0 amide bonds. The molecule has 0 radical (unpaired) electrons. The summed E-state index contributed by atoms with van der Waals surface area (Å²) < 4.78 is 0.847. The highest BCUT2D eigenvalue weighted by molar-refractivity contribution is 9.10. The van der Waals surface area contributed by atoms with Crippen LogP contribution >= 0.6 is 15.9 Å². The Bertz CT molecular complexity index is 801. The van der Waals surface area contributed by atoms with Crippen molar-refractivity contribution in [3.63, 3.8) is 0 Å². The van der Waals surface area contributed by atoms with Crippen molar-refractivity contribution in [2.75, 3.05) is 48.8 Å². The van der Waals surface area contributed by atoms with Gasteiger partial charge in [-0.1, -0.05) is 0 Å². The average molecular weight is 461 g/mol. The number of hydrogen-bond donors (Lipinski definition) is 3. The number of halogens is 1. The zero-order chi connectivity index (χ0) is 20.2. The molecule has 1 aliphatic carbocycles. The van der Waals surface area contributed by atoms with Gasteiger partial charge in [-0.3, -0.25) is 0 Å². The van der Waals surface area contributed by atoms with Crippen LogP contribution in [0.15, 0.2) is 34.9 Å². The molecule has 2 heterocycles. The molecular weight excluding hydrogens is 432 g/mol. The Morgan fingerprint density at radius 3 is 2.41 bits per heavy atom. The van der Waals surface area contributed by atoms with Gasteiger partial charge in [-0.25, -0.2) is 4.98 Å². The van der Waals surface area contributed by atoms with Crippen molar-refractivity contribution in [3.05, 3.63) is 34.9 Å². The Labute approximate surface area is 180 Å². The minimum absolute atomic E-state index is 0.159. The van der Waals surface area contributed by atoms with Crippen LogP contribution < -0.4 is 15.5 Å². The van der Waals surface area contributed by atoms with Crippen LogP contribution in [0.25, 0.3) is 0 Å². The molecular formula is C21H29BrN6O. The van der Waals surface area contributed by atoms with Gasteiger partial charge >= 0.3 is 0 Å². The van der Waals surface area contributed by atoms with Crippen molar-refractivity contribution in [1.29, 1.82) is 0 Å². The van der Waals surface area contributed by atoms with Gasteiger partial charge in [0.25, 0.3) is 0 Å². The molecule has 1 saturated heterocycles. The van der Waals surface area contributed by atoms with Gasteiger partial charge < -0.3 is 25.5 Å². The Hall–Kier alpha value is -1.90. The van der Waals surface area contributed by atoms with Gasteiger partial charge in [0.15, 0.2) is 0 Å². The molecule has 3 N–H and O–H groups in total. The van der Waals surface area contributed by atoms with Crippen LogP contribution in [0.3, 0.4) is 0 Å². The predicted molar refractivity (Wildman–Crippen MR) is 121 cm³/mol. The number of benzene rings is 1. The zero-order valence-electron chi connectivity index (χ0n) is 16.8. The molecule has 1 saturated carbocycles. The molecule has 0 unspecified atom stereocenters. The molecule has 4 rings (SSSR count). The summed E-state index contributed by atoms with van der Waals surface area (Å²) in [7, 11) is 2.17. The van der Waals surface area contributed by atoms with Crippen LogP contribution in [0.1, 0.15) is 25.7 Å². The van der Waals surface area contributed by atoms with Crippen molar-refractivity contribution in [3.8, 4) is 0 Å². The zero-order valence-corrected chi connectivity index (χ0v) is 18.4. The first-order chi connectivity index (χ1) is 14.1. The molecule has 1 aromatic carbocycles. The topological polar surface area (TPSA) is 76.5 Å². The lowest BCUT2D eigenvalue weighted by Gasteiger charge is -2.34. The molecule has 2 aliphatic rings. The Morgan fingerprint density at radius 1 is 1.03 bits per heavy atom. The normalized spacial score (nSPS) is 23.1. The van der Waals surface area contributed by atoms with Gasteiger partial charge in [0.1, 0.15) is 5.82 Å². The lowest BCUT2D eigenvalue weighted by atomic mass is 9.93. The van der Waals surface area contributed by atoms with Crippen molar-refractivity contribution in [2.45, 2.75) is 37.8 Å². The fourth-order valence-electron chi connectivity index (χ4n) is 3.89. The maximum atomic E-state index is 9.69. The van der Waals surface area contributed by atoms with E-state index in [1.807, 2.05) is 0 Å². The number of nitrogens with one attached hydrogen (secondary N) is 2. The number of likely N-dealkylation sites (N-methyl/N-ethyl adjacent to an activating group) is 1. The van der Waals surface area contributed by atoms with Crippen LogP contribution in [0.2, 0.25) is 0 Å². The van der Waals surface area contributed by atoms with E-state index in [0.29, 0.717) is 12.0 Å². The first-order valence-electron chi connectivity index (χ1n) is 10.3. The second-order valence-electron chi connectivity index (χ2n) is 8.00. The maximum absolute atomic E-state index is 9.69. The molecule has 7 nitrogen and oxygen atoms in total. The van der Waals surface area contributed by atoms with E-state index in [4.69, 9.17) is 0 Å². The lowest BCUT2D eigenvalue weighted by molar-refractivity contribution is 0.126. The molecule has 0 atom stereocenters. The maximum Gasteiger partial charge on any atom is 0.229 e. The van der Waals surface area contributed by atoms with E-state index in [1.54, 1.807) is 6.20 Å². The molecule has 8 heteroatoms. The van der Waals surface area contributed by atoms with Crippen LogP contribution in [0, 0.1) is 0 Å². The largest absolute Gasteiger partial charge is 0.393 e. The second-order valence-corrected chi connectivity index (χ2v) is 8.86. The molecule has 1 aromatic heterocycles. The summed E-state index contributed by atoms with van der Waals surface area (Å²) in [6, 6.07) is 8.79. The summed E-state index contributed by atoms with van der Waals surface area (Å²) in [5.74, 6) is 1.36. The number of piperazine rings is 1. The first-order valence-corrected chi connectivity index (χ1v) is 11.1. The van der Waals surface area contributed by atoms with Crippen LogP contribution in [0.4, 0.5) is 23.1 Å². The third-order valence-corrected chi connectivity index (χ3v) is 6.35. The van der Waals surface area contributed by atoms with Gasteiger partial charge in [0, 0.05) is 49.8 Å². The molecule has 0 bridgehead atoms. The third kappa shape index (κ3) is 5.38. The van der Waals surface area contributed by atoms with Gasteiger partial charge in [-0.2, -0.15) is 4.98 Å². The van der Waals surface area contributed by atoms with E-state index in [9.17, 15) is 5.11 Å². The summed E-state index contributed by atoms with van der Waals surface area (Å²) in [4.78, 5) is 13.8. The highest BCUT2D eigenvalue weighted by atomic mass is 79.9. The van der Waals surface area contributed by atoms with Crippen molar-refractivity contribution >= 4 is 39.1 Å². The fourth-order valence-corrected chi connectivity index (χ4v) is 4.20. The fraction of sp³-hybridized carbons (Fsp3) is 0.524. The highest BCUT2D eigenvalue weighted by Crippen LogP contribution is 2.27. The number of aliphatic hydroxyl groups is 1. The SMILES string of the molecule is CN1CCN(c2ccc(Nc3ncc(Br)c(NC4CCC(O)CC4)n3)cc2)CC1. The minimum atomic E-state index is -0.159. The van der Waals surface area contributed by atoms with Gasteiger partial charge in [0.2, 0.25) is 5.95 Å². The smallest absolute Gasteiger partial charge is 0.229 e. The van der Waals surface area contributed by atoms with Crippen LogP contribution in [-0.4, -0.2) is 65.3 Å². The van der Waals surface area contributed by atoms with E-state index in [2.05, 4.69) is 77.6 Å². The number of nitrogens with zero attached hydrogens (tertiary/aromatic N) is 4. The van der Waals surface area contributed by atoms with Crippen LogP contribution in [-0.2, 0) is 0 Å². The van der Waals surface area contributed by atoms with Gasteiger partial charge in [-0.15, -0.1) is 0 Å². The number of anilines is 4. The van der Waals surface area contributed by atoms with Gasteiger partial charge in [-0.05, 0) is 72.9 Å². The lowest BCUT2D eigenvalue weighted by Crippen LogP contribution is -2.44. The molecule has 29 heavy (non-hydrogen) atoms. The molecule has 1 aliphatic heterocycles. The van der Waals surface area contributed by atoms with E-state index in [-0.39, 0.29) is 6.10 Å². The summed E-state index contributed by atoms with van der Waals surface area (Å²) in [6.07, 6.45) is 5.19. The average Bonchev–Trinajstić information content (AvgIpc) is 2.73. The Morgan fingerprint density at radius 2 is 1.72 bits per heavy atom. The molecule has 2 aromatic rings. The standard InChI is InChI=1S/C21H29BrN6O/c1-27-10-12-28(13-11-27)17-6-2-16(3-7-17)25-21-23-14-19(22)20(26-21)24-15-4-8-18(29)9-5-15/h2-3,6-7,14-15,18,29H,4-5,8-13H2,1H3,(H2,23,24,25,26). The summed E-state index contributed by atoms with van der Waals surface area (Å²) >= 11 is 3.54. The van der Waals surface area contributed by atoms with E-state index < -0.39 is 0 Å². The second kappa shape index (κ2) is 9.28. The number of aliphatic hydroxyl groups excluding tert-OH is 1. The van der Waals surface area contributed by atoms with Crippen molar-refractivity contribution in [2.24, 2.45) is 0 Å². The summed E-state index contributed by atoms with van der Waals surface area (Å²) in [6.45, 7) is 4.32. The number of rotatable bonds is 5. The number of hydrogen-bond acceptors (Lipinski definition) is 7. The molecule has 2 fully saturated rings. The Balaban J connectivity index is 1.39. The monoisotopic (exact) mass is 460 g/mol. The Kier molecular flexibility index (Phi) is 6.52. The quantitative estimate of drug-likeness (QED) is 0.630. The van der Waals surface area contributed by atoms with Crippen molar-refractivity contribution < 1.29 is 5.11 Å². The molecule has 156 valence electrons. The van der Waals surface area contributed by atoms with E-state index >= 15 is 0 Å². The van der Waals surface area contributed by atoms with Gasteiger partial charge in [0.05, 0.1) is 10.6 Å². The third-order valence-electron chi connectivity index (χ3n) is 5.77. The van der Waals surface area contributed by atoms with E-state index in [1.165, 1.54) is 5.69 Å². The minimum Gasteiger partial charge on any atom is -0.393 e.